The Labute approximate surface area is 31.7 Å². The quantitative estimate of drug-likeness (QED) is 0.320. The first kappa shape index (κ1) is 4.47. The maximum atomic E-state index is 4.98. The van der Waals surface area contributed by atoms with Crippen LogP contribution in [0.3, 0.4) is 0 Å². The number of rotatable bonds is 0. The predicted octanol–water partition coefficient (Wildman–Crippen LogP) is 0.155. The molecule has 0 aliphatic rings. The van der Waals surface area contributed by atoms with E-state index in [-0.39, 0.29) is 0 Å². The van der Waals surface area contributed by atoms with Gasteiger partial charge in [-0.3, -0.25) is 4.99 Å². The molecule has 0 spiro atoms. The van der Waals surface area contributed by atoms with Crippen molar-refractivity contribution in [2.24, 2.45) is 10.7 Å². The molecule has 0 saturated carbocycles. The fourth-order valence-electron chi connectivity index (χ4n) is 0. The Morgan fingerprint density at radius 1 is 2.00 bits per heavy atom. The van der Waals surface area contributed by atoms with E-state index in [1.807, 2.05) is 0 Å². The minimum absolute atomic E-state index is 0.519. The van der Waals surface area contributed by atoms with E-state index in [1.54, 1.807) is 6.92 Å². The van der Waals surface area contributed by atoms with Crippen molar-refractivity contribution >= 4 is 5.84 Å². The maximum Gasteiger partial charge on any atom is 0.0906 e. The Bertz CT molecular complexity index is 42.9. The second-order valence-electron chi connectivity index (χ2n) is 0.799. The molecule has 0 aliphatic heterocycles. The van der Waals surface area contributed by atoms with E-state index in [2.05, 4.69) is 12.0 Å². The van der Waals surface area contributed by atoms with Crippen molar-refractivity contribution in [2.75, 3.05) is 0 Å². The molecule has 0 aromatic carbocycles. The summed E-state index contributed by atoms with van der Waals surface area (Å²) < 4.78 is 0. The fraction of sp³-hybridized carbons (Fsp3) is 0.333. The standard InChI is InChI=1S/C3H7N2/c1-3(4)5-2/h2H2,1H3,(H2,4,5). The molecule has 2 heteroatoms. The van der Waals surface area contributed by atoms with Crippen LogP contribution in [0.15, 0.2) is 4.99 Å². The van der Waals surface area contributed by atoms with Crippen molar-refractivity contribution in [2.45, 2.75) is 6.92 Å². The van der Waals surface area contributed by atoms with Gasteiger partial charge in [-0.05, 0) is 6.92 Å². The molecular weight excluding hydrogens is 64.0 g/mol. The van der Waals surface area contributed by atoms with Crippen LogP contribution in [0.1, 0.15) is 6.92 Å². The van der Waals surface area contributed by atoms with Crippen molar-refractivity contribution < 1.29 is 0 Å². The van der Waals surface area contributed by atoms with Crippen LogP contribution in [-0.4, -0.2) is 5.84 Å². The molecule has 29 valence electrons. The Hall–Kier alpha value is -0.530. The number of aliphatic imine (C=N–C) groups is 1. The summed E-state index contributed by atoms with van der Waals surface area (Å²) in [5.41, 5.74) is 4.98. The number of hydrogen-bond acceptors (Lipinski definition) is 1. The van der Waals surface area contributed by atoms with Crippen molar-refractivity contribution in [1.29, 1.82) is 0 Å². The third-order valence-corrected chi connectivity index (χ3v) is 0.249. The lowest BCUT2D eigenvalue weighted by Crippen LogP contribution is -2.02. The summed E-state index contributed by atoms with van der Waals surface area (Å²) in [5, 5.41) is 0. The molecule has 1 radical (unpaired) electrons. The molecule has 0 atom stereocenters. The summed E-state index contributed by atoms with van der Waals surface area (Å²) in [4.78, 5) is 3.33. The second kappa shape index (κ2) is 1.76. The zero-order chi connectivity index (χ0) is 4.28. The monoisotopic (exact) mass is 71.1 g/mol. The highest BCUT2D eigenvalue weighted by molar-refractivity contribution is 5.77. The van der Waals surface area contributed by atoms with Crippen molar-refractivity contribution in [3.63, 3.8) is 0 Å². The zero-order valence-electron chi connectivity index (χ0n) is 3.23. The Morgan fingerprint density at radius 2 is 2.20 bits per heavy atom. The highest BCUT2D eigenvalue weighted by Crippen LogP contribution is 1.55. The Balaban J connectivity index is 3.14. The molecule has 2 N–H and O–H groups in total. The average Bonchev–Trinajstić information content (AvgIpc) is 1.38. The number of hydrogen-bond donors (Lipinski definition) is 1. The van der Waals surface area contributed by atoms with Gasteiger partial charge in [-0.2, -0.15) is 0 Å². The van der Waals surface area contributed by atoms with E-state index < -0.39 is 0 Å². The number of nitrogens with zero attached hydrogens (tertiary/aromatic N) is 1. The molecule has 5 heavy (non-hydrogen) atoms. The van der Waals surface area contributed by atoms with Crippen LogP contribution < -0.4 is 5.73 Å². The molecule has 0 aliphatic carbocycles. The van der Waals surface area contributed by atoms with Crippen LogP contribution in [0.25, 0.3) is 0 Å². The van der Waals surface area contributed by atoms with E-state index in [1.165, 1.54) is 0 Å². The molecule has 0 aromatic heterocycles. The smallest absolute Gasteiger partial charge is 0.0906 e. The van der Waals surface area contributed by atoms with Crippen molar-refractivity contribution in [3.05, 3.63) is 7.05 Å². The fourth-order valence-corrected chi connectivity index (χ4v) is 0. The lowest BCUT2D eigenvalue weighted by Gasteiger charge is -1.75. The number of amidine groups is 1. The molecule has 0 fully saturated rings. The summed E-state index contributed by atoms with van der Waals surface area (Å²) in [7, 11) is 3.15. The van der Waals surface area contributed by atoms with Gasteiger partial charge in [0.2, 0.25) is 0 Å². The normalized spacial score (nSPS) is 12.0. The highest BCUT2D eigenvalue weighted by atomic mass is 14.8. The average molecular weight is 71.1 g/mol. The maximum absolute atomic E-state index is 4.98. The third-order valence-electron chi connectivity index (χ3n) is 0.249. The summed E-state index contributed by atoms with van der Waals surface area (Å²) in [5.74, 6) is 0.519. The lowest BCUT2D eigenvalue weighted by molar-refractivity contribution is 1.48. The molecule has 0 heterocycles. The topological polar surface area (TPSA) is 38.4 Å². The van der Waals surface area contributed by atoms with Gasteiger partial charge in [0.25, 0.3) is 0 Å². The summed E-state index contributed by atoms with van der Waals surface area (Å²) in [6, 6.07) is 0. The summed E-state index contributed by atoms with van der Waals surface area (Å²) >= 11 is 0. The van der Waals surface area contributed by atoms with Crippen molar-refractivity contribution in [3.8, 4) is 0 Å². The predicted molar refractivity (Wildman–Crippen MR) is 22.7 cm³/mol. The van der Waals surface area contributed by atoms with Gasteiger partial charge in [0.15, 0.2) is 0 Å². The van der Waals surface area contributed by atoms with E-state index in [0.717, 1.165) is 0 Å². The van der Waals surface area contributed by atoms with Crippen LogP contribution in [-0.2, 0) is 0 Å². The first-order valence-electron chi connectivity index (χ1n) is 1.33. The summed E-state index contributed by atoms with van der Waals surface area (Å²) in [6.45, 7) is 1.69. The SMILES string of the molecule is [CH2]/N=C(\C)N. The van der Waals surface area contributed by atoms with Gasteiger partial charge in [-0.25, -0.2) is 0 Å². The largest absolute Gasteiger partial charge is 0.388 e. The van der Waals surface area contributed by atoms with Crippen LogP contribution in [0.4, 0.5) is 0 Å². The molecule has 0 bridgehead atoms. The van der Waals surface area contributed by atoms with E-state index in [4.69, 9.17) is 5.73 Å². The van der Waals surface area contributed by atoms with E-state index >= 15 is 0 Å². The minimum atomic E-state index is 0.519. The van der Waals surface area contributed by atoms with Gasteiger partial charge < -0.3 is 5.73 Å². The van der Waals surface area contributed by atoms with Crippen molar-refractivity contribution in [1.82, 2.24) is 0 Å². The highest BCUT2D eigenvalue weighted by Gasteiger charge is 1.61. The van der Waals surface area contributed by atoms with Gasteiger partial charge in [-0.15, -0.1) is 0 Å². The molecular formula is C3H7N2. The lowest BCUT2D eigenvalue weighted by atomic mass is 10.7. The van der Waals surface area contributed by atoms with Crippen LogP contribution in [0, 0.1) is 7.05 Å². The number of nitrogens with two attached hydrogens (primary N) is 1. The van der Waals surface area contributed by atoms with E-state index in [0.29, 0.717) is 5.84 Å². The molecule has 0 aromatic rings. The summed E-state index contributed by atoms with van der Waals surface area (Å²) in [6.07, 6.45) is 0. The zero-order valence-corrected chi connectivity index (χ0v) is 3.23. The van der Waals surface area contributed by atoms with Gasteiger partial charge in [-0.1, -0.05) is 0 Å². The molecule has 0 amide bonds. The van der Waals surface area contributed by atoms with Crippen LogP contribution >= 0.6 is 0 Å². The first-order chi connectivity index (χ1) is 2.27. The molecule has 2 nitrogen and oxygen atoms in total. The molecule has 0 rings (SSSR count). The van der Waals surface area contributed by atoms with Gasteiger partial charge in [0, 0.05) is 0 Å². The van der Waals surface area contributed by atoms with E-state index in [9.17, 15) is 0 Å². The third kappa shape index (κ3) is 3.47. The Kier molecular flexibility index (Phi) is 1.57. The van der Waals surface area contributed by atoms with Gasteiger partial charge in [0.1, 0.15) is 0 Å². The molecule has 0 saturated heterocycles. The minimum Gasteiger partial charge on any atom is -0.388 e. The van der Waals surface area contributed by atoms with Gasteiger partial charge >= 0.3 is 0 Å². The van der Waals surface area contributed by atoms with Gasteiger partial charge in [0.05, 0.1) is 12.9 Å². The van der Waals surface area contributed by atoms with Crippen LogP contribution in [0.2, 0.25) is 0 Å². The first-order valence-corrected chi connectivity index (χ1v) is 1.33. The molecule has 0 unspecified atom stereocenters. The Morgan fingerprint density at radius 3 is 2.20 bits per heavy atom. The second-order valence-corrected chi connectivity index (χ2v) is 0.799. The van der Waals surface area contributed by atoms with Crippen LogP contribution in [0.5, 0.6) is 0 Å².